The quantitative estimate of drug-likeness (QED) is 0.696. The average Bonchev–Trinajstić information content (AvgIpc) is 3.24. The number of amides is 1. The minimum absolute atomic E-state index is 0.0362. The van der Waals surface area contributed by atoms with Gasteiger partial charge in [-0.05, 0) is 0 Å². The van der Waals surface area contributed by atoms with E-state index >= 15 is 0 Å². The summed E-state index contributed by atoms with van der Waals surface area (Å²) in [6.07, 6.45) is 1.77. The molecule has 0 spiro atoms. The molecule has 25 heavy (non-hydrogen) atoms. The van der Waals surface area contributed by atoms with Crippen LogP contribution < -0.4 is 10.9 Å². The van der Waals surface area contributed by atoms with Gasteiger partial charge >= 0.3 is 0 Å². The van der Waals surface area contributed by atoms with Crippen molar-refractivity contribution in [1.82, 2.24) is 30.0 Å². The van der Waals surface area contributed by atoms with Crippen molar-refractivity contribution < 1.29 is 9.53 Å². The van der Waals surface area contributed by atoms with Gasteiger partial charge in [0.25, 0.3) is 5.56 Å². The van der Waals surface area contributed by atoms with E-state index in [1.165, 1.54) is 18.0 Å². The third kappa shape index (κ3) is 3.42. The molecule has 2 aromatic heterocycles. The third-order valence-corrected chi connectivity index (χ3v) is 5.62. The Bertz CT molecular complexity index is 828. The number of aromatic nitrogens is 4. The first-order valence-corrected chi connectivity index (χ1v) is 9.36. The summed E-state index contributed by atoms with van der Waals surface area (Å²) in [6, 6.07) is -0.164. The van der Waals surface area contributed by atoms with Crippen molar-refractivity contribution in [3.63, 3.8) is 0 Å². The zero-order valence-corrected chi connectivity index (χ0v) is 14.5. The maximum Gasteiger partial charge on any atom is 0.265 e. The fourth-order valence-corrected chi connectivity index (χ4v) is 4.31. The summed E-state index contributed by atoms with van der Waals surface area (Å²) < 4.78 is 6.94. The first-order chi connectivity index (χ1) is 12.2. The highest BCUT2D eigenvalue weighted by atomic mass is 32.2. The van der Waals surface area contributed by atoms with Crippen LogP contribution in [0.25, 0.3) is 11.0 Å². The van der Waals surface area contributed by atoms with Crippen molar-refractivity contribution in [2.24, 2.45) is 0 Å². The van der Waals surface area contributed by atoms with Crippen LogP contribution in [0, 0.1) is 0 Å². The molecule has 2 aliphatic heterocycles. The summed E-state index contributed by atoms with van der Waals surface area (Å²) in [4.78, 5) is 31.5. The van der Waals surface area contributed by atoms with Crippen molar-refractivity contribution in [3.8, 4) is 0 Å². The molecule has 0 saturated carbocycles. The number of thioether (sulfide) groups is 1. The van der Waals surface area contributed by atoms with Gasteiger partial charge in [0.2, 0.25) is 5.91 Å². The van der Waals surface area contributed by atoms with E-state index in [9.17, 15) is 9.59 Å². The monoisotopic (exact) mass is 364 g/mol. The normalized spacial score (nSPS) is 20.7. The number of carbonyl (C=O) groups excluding carboxylic acids is 1. The van der Waals surface area contributed by atoms with Gasteiger partial charge in [-0.3, -0.25) is 24.2 Å². The first kappa shape index (κ1) is 16.6. The number of morpholine rings is 1. The fraction of sp³-hybridized carbons (Fsp3) is 0.600. The van der Waals surface area contributed by atoms with E-state index in [1.54, 1.807) is 4.57 Å². The van der Waals surface area contributed by atoms with Crippen molar-refractivity contribution in [1.29, 1.82) is 0 Å². The molecule has 0 bridgehead atoms. The Hall–Kier alpha value is -1.91. The lowest BCUT2D eigenvalue weighted by atomic mass is 10.2. The van der Waals surface area contributed by atoms with Crippen LogP contribution in [0.15, 0.2) is 16.1 Å². The number of nitrogens with one attached hydrogen (secondary N) is 2. The third-order valence-electron chi connectivity index (χ3n) is 4.53. The maximum absolute atomic E-state index is 12.6. The standard InChI is InChI=1S/C15H20N6O3S/c22-12(16-1-2-20-3-5-24-6-4-20)7-10-9-25-15-18-13-11(8-17-19-13)14(23)21(10)15/h8,10H,1-7,9H2,(H,16,22)(H,17,19). The van der Waals surface area contributed by atoms with Crippen LogP contribution in [0.1, 0.15) is 12.5 Å². The molecule has 1 fully saturated rings. The Balaban J connectivity index is 1.36. The number of aromatic amines is 1. The molecule has 2 aliphatic rings. The highest BCUT2D eigenvalue weighted by Gasteiger charge is 2.28. The molecule has 10 heteroatoms. The highest BCUT2D eigenvalue weighted by Crippen LogP contribution is 2.32. The van der Waals surface area contributed by atoms with Crippen molar-refractivity contribution >= 4 is 28.7 Å². The molecule has 1 saturated heterocycles. The number of ether oxygens (including phenoxy) is 1. The predicted molar refractivity (Wildman–Crippen MR) is 92.8 cm³/mol. The van der Waals surface area contributed by atoms with E-state index in [4.69, 9.17) is 4.74 Å². The lowest BCUT2D eigenvalue weighted by Crippen LogP contribution is -2.41. The zero-order chi connectivity index (χ0) is 17.2. The molecule has 1 unspecified atom stereocenters. The van der Waals surface area contributed by atoms with Crippen LogP contribution in [-0.2, 0) is 9.53 Å². The smallest absolute Gasteiger partial charge is 0.265 e. The number of nitrogens with zero attached hydrogens (tertiary/aromatic N) is 4. The lowest BCUT2D eigenvalue weighted by Gasteiger charge is -2.26. The van der Waals surface area contributed by atoms with E-state index in [0.29, 0.717) is 28.5 Å². The molecule has 1 amide bonds. The second-order valence-electron chi connectivity index (χ2n) is 6.17. The summed E-state index contributed by atoms with van der Waals surface area (Å²) in [5, 5.41) is 10.7. The van der Waals surface area contributed by atoms with Gasteiger partial charge < -0.3 is 10.1 Å². The Morgan fingerprint density at radius 3 is 3.12 bits per heavy atom. The molecular formula is C15H20N6O3S. The van der Waals surface area contributed by atoms with E-state index in [1.807, 2.05) is 0 Å². The number of rotatable bonds is 5. The second-order valence-corrected chi connectivity index (χ2v) is 7.16. The van der Waals surface area contributed by atoms with Gasteiger partial charge in [0.05, 0.1) is 25.5 Å². The summed E-state index contributed by atoms with van der Waals surface area (Å²) in [5.74, 6) is 0.644. The zero-order valence-electron chi connectivity index (χ0n) is 13.7. The van der Waals surface area contributed by atoms with Crippen molar-refractivity contribution in [3.05, 3.63) is 16.6 Å². The number of fused-ring (bicyclic) bond motifs is 2. The fourth-order valence-electron chi connectivity index (χ4n) is 3.17. The summed E-state index contributed by atoms with van der Waals surface area (Å²) in [7, 11) is 0. The topological polar surface area (TPSA) is 105 Å². The largest absolute Gasteiger partial charge is 0.379 e. The van der Waals surface area contributed by atoms with E-state index in [-0.39, 0.29) is 23.9 Å². The number of carbonyl (C=O) groups is 1. The van der Waals surface area contributed by atoms with Gasteiger partial charge in [0.1, 0.15) is 5.39 Å². The molecule has 9 nitrogen and oxygen atoms in total. The van der Waals surface area contributed by atoms with Crippen LogP contribution in [0.5, 0.6) is 0 Å². The van der Waals surface area contributed by atoms with E-state index < -0.39 is 0 Å². The number of hydrogen-bond donors (Lipinski definition) is 2. The van der Waals surface area contributed by atoms with Gasteiger partial charge in [0.15, 0.2) is 10.8 Å². The van der Waals surface area contributed by atoms with Gasteiger partial charge in [-0.25, -0.2) is 4.98 Å². The highest BCUT2D eigenvalue weighted by molar-refractivity contribution is 7.99. The number of hydrogen-bond acceptors (Lipinski definition) is 7. The summed E-state index contributed by atoms with van der Waals surface area (Å²) in [5.41, 5.74) is 0.365. The van der Waals surface area contributed by atoms with Crippen LogP contribution >= 0.6 is 11.8 Å². The van der Waals surface area contributed by atoms with Crippen LogP contribution in [0.2, 0.25) is 0 Å². The minimum atomic E-state index is -0.164. The molecule has 0 radical (unpaired) electrons. The summed E-state index contributed by atoms with van der Waals surface area (Å²) >= 11 is 1.50. The van der Waals surface area contributed by atoms with Gasteiger partial charge in [-0.15, -0.1) is 0 Å². The molecule has 0 aliphatic carbocycles. The molecule has 4 rings (SSSR count). The molecule has 4 heterocycles. The maximum atomic E-state index is 12.6. The molecule has 2 aromatic rings. The van der Waals surface area contributed by atoms with Crippen LogP contribution in [0.3, 0.4) is 0 Å². The Labute approximate surface area is 148 Å². The van der Waals surface area contributed by atoms with Crippen molar-refractivity contribution in [2.45, 2.75) is 17.6 Å². The molecule has 134 valence electrons. The lowest BCUT2D eigenvalue weighted by molar-refractivity contribution is -0.121. The van der Waals surface area contributed by atoms with Crippen molar-refractivity contribution in [2.75, 3.05) is 45.1 Å². The van der Waals surface area contributed by atoms with Crippen LogP contribution in [0.4, 0.5) is 0 Å². The predicted octanol–water partition coefficient (Wildman–Crippen LogP) is -0.395. The van der Waals surface area contributed by atoms with Gasteiger partial charge in [-0.2, -0.15) is 5.10 Å². The Morgan fingerprint density at radius 1 is 1.44 bits per heavy atom. The van der Waals surface area contributed by atoms with Gasteiger partial charge in [-0.1, -0.05) is 11.8 Å². The summed E-state index contributed by atoms with van der Waals surface area (Å²) in [6.45, 7) is 4.75. The first-order valence-electron chi connectivity index (χ1n) is 8.37. The SMILES string of the molecule is O=C(CC1CSc2nc3[nH]ncc3c(=O)n21)NCCN1CCOCC1. The van der Waals surface area contributed by atoms with E-state index in [2.05, 4.69) is 25.4 Å². The minimum Gasteiger partial charge on any atom is -0.379 e. The Morgan fingerprint density at radius 2 is 2.28 bits per heavy atom. The second kappa shape index (κ2) is 7.14. The Kier molecular flexibility index (Phi) is 4.73. The average molecular weight is 364 g/mol. The van der Waals surface area contributed by atoms with Gasteiger partial charge in [0, 0.05) is 38.4 Å². The molecular weight excluding hydrogens is 344 g/mol. The number of H-pyrrole nitrogens is 1. The van der Waals surface area contributed by atoms with Crippen LogP contribution in [-0.4, -0.2) is 75.7 Å². The molecule has 1 atom stereocenters. The molecule has 0 aromatic carbocycles. The molecule has 2 N–H and O–H groups in total. The van der Waals surface area contributed by atoms with E-state index in [0.717, 1.165) is 32.8 Å².